The van der Waals surface area contributed by atoms with Crippen LogP contribution in [0.25, 0.3) is 0 Å². The van der Waals surface area contributed by atoms with E-state index in [1.165, 1.54) is 12.1 Å². The van der Waals surface area contributed by atoms with Crippen LogP contribution >= 0.6 is 0 Å². The molecule has 166 valence electrons. The minimum Gasteiger partial charge on any atom is -0.469 e. The Labute approximate surface area is 177 Å². The highest BCUT2D eigenvalue weighted by Gasteiger charge is 2.29. The third-order valence-corrected chi connectivity index (χ3v) is 4.37. The van der Waals surface area contributed by atoms with Crippen molar-refractivity contribution in [2.24, 2.45) is 10.3 Å². The van der Waals surface area contributed by atoms with Gasteiger partial charge >= 0.3 is 6.18 Å². The molecule has 0 spiro atoms. The van der Waals surface area contributed by atoms with Crippen LogP contribution in [-0.4, -0.2) is 34.2 Å². The first kappa shape index (κ1) is 22.3. The third-order valence-electron chi connectivity index (χ3n) is 4.37. The monoisotopic (exact) mass is 436 g/mol. The van der Waals surface area contributed by atoms with E-state index in [9.17, 15) is 13.2 Å². The van der Waals surface area contributed by atoms with Crippen LogP contribution in [0.1, 0.15) is 37.5 Å². The highest BCUT2D eigenvalue weighted by atomic mass is 19.4. The first-order valence-electron chi connectivity index (χ1n) is 9.52. The summed E-state index contributed by atoms with van der Waals surface area (Å²) in [4.78, 5) is 9.50. The van der Waals surface area contributed by atoms with Gasteiger partial charge in [0.15, 0.2) is 12.4 Å². The molecule has 0 saturated carbocycles. The van der Waals surface area contributed by atoms with Crippen LogP contribution in [-0.2, 0) is 17.6 Å². The van der Waals surface area contributed by atoms with Gasteiger partial charge in [-0.15, -0.1) is 10.6 Å². The lowest BCUT2D eigenvalue weighted by Crippen LogP contribution is -2.46. The van der Waals surface area contributed by atoms with Gasteiger partial charge in [0.05, 0.1) is 11.3 Å². The summed E-state index contributed by atoms with van der Waals surface area (Å²) in [5.41, 5.74) is 6.78. The van der Waals surface area contributed by atoms with Crippen LogP contribution in [0.4, 0.5) is 13.2 Å². The number of alkyl halides is 3. The summed E-state index contributed by atoms with van der Waals surface area (Å²) < 4.78 is 43.4. The van der Waals surface area contributed by atoms with Crippen molar-refractivity contribution in [2.45, 2.75) is 39.6 Å². The van der Waals surface area contributed by atoms with E-state index >= 15 is 0 Å². The van der Waals surface area contributed by atoms with Crippen molar-refractivity contribution in [1.82, 2.24) is 21.1 Å². The summed E-state index contributed by atoms with van der Waals surface area (Å²) >= 11 is 0. The number of pyridine rings is 1. The van der Waals surface area contributed by atoms with Crippen LogP contribution in [0.3, 0.4) is 0 Å². The molecule has 1 aliphatic rings. The lowest BCUT2D eigenvalue weighted by Gasteiger charge is -2.22. The first-order valence-corrected chi connectivity index (χ1v) is 9.52. The summed E-state index contributed by atoms with van der Waals surface area (Å²) in [5.74, 6) is 1.14. The van der Waals surface area contributed by atoms with Crippen molar-refractivity contribution in [3.05, 3.63) is 59.3 Å². The fourth-order valence-corrected chi connectivity index (χ4v) is 2.66. The quantitative estimate of drug-likeness (QED) is 0.487. The minimum atomic E-state index is -4.36. The van der Waals surface area contributed by atoms with Gasteiger partial charge in [0.2, 0.25) is 5.88 Å². The average Bonchev–Trinajstić information content (AvgIpc) is 3.21. The lowest BCUT2D eigenvalue weighted by molar-refractivity contribution is -0.137. The van der Waals surface area contributed by atoms with Crippen molar-refractivity contribution < 1.29 is 22.7 Å². The summed E-state index contributed by atoms with van der Waals surface area (Å²) in [7, 11) is 0. The predicted octanol–water partition coefficient (Wildman–Crippen LogP) is 3.47. The number of hydrazine groups is 2. The Morgan fingerprint density at radius 2 is 1.87 bits per heavy atom. The molecule has 2 heterocycles. The number of oxime groups is 1. The van der Waals surface area contributed by atoms with Gasteiger partial charge in [-0.05, 0) is 44.5 Å². The summed E-state index contributed by atoms with van der Waals surface area (Å²) in [6.07, 6.45) is -2.76. The van der Waals surface area contributed by atoms with Crippen LogP contribution in [0.5, 0.6) is 5.88 Å². The Morgan fingerprint density at radius 1 is 1.13 bits per heavy atom. The zero-order chi connectivity index (χ0) is 22.4. The van der Waals surface area contributed by atoms with E-state index in [0.717, 1.165) is 17.7 Å². The molecule has 0 unspecified atom stereocenters. The Kier molecular flexibility index (Phi) is 6.95. The molecule has 0 radical (unpaired) electrons. The number of hydrogen-bond acceptors (Lipinski definition) is 8. The zero-order valence-electron chi connectivity index (χ0n) is 17.3. The number of rotatable bonds is 8. The molecular formula is C20H23F3N6O2. The Bertz CT molecular complexity index is 927. The number of nitrogens with zero attached hydrogens (tertiary/aromatic N) is 4. The number of amidine groups is 1. The topological polar surface area (TPSA) is 83.4 Å². The van der Waals surface area contributed by atoms with Crippen molar-refractivity contribution in [2.75, 3.05) is 6.61 Å². The SMILES string of the molecule is CC(=NOCc1ccc(C(F)(F)F)cc1)c1ccc(OCC2=NNNN2C(C)C)nc1. The van der Waals surface area contributed by atoms with Crippen molar-refractivity contribution in [1.29, 1.82) is 0 Å². The Morgan fingerprint density at radius 3 is 2.48 bits per heavy atom. The molecule has 1 aromatic carbocycles. The summed E-state index contributed by atoms with van der Waals surface area (Å²) in [6, 6.07) is 8.46. The second-order valence-electron chi connectivity index (χ2n) is 7.03. The van der Waals surface area contributed by atoms with Gasteiger partial charge in [-0.2, -0.15) is 13.2 Å². The second-order valence-corrected chi connectivity index (χ2v) is 7.03. The highest BCUT2D eigenvalue weighted by molar-refractivity contribution is 5.98. The van der Waals surface area contributed by atoms with Crippen LogP contribution in [0, 0.1) is 0 Å². The number of hydrogen-bond donors (Lipinski definition) is 2. The molecular weight excluding hydrogens is 413 g/mol. The fraction of sp³-hybridized carbons (Fsp3) is 0.350. The Balaban J connectivity index is 1.50. The average molecular weight is 436 g/mol. The molecule has 2 N–H and O–H groups in total. The zero-order valence-corrected chi connectivity index (χ0v) is 17.3. The maximum absolute atomic E-state index is 12.6. The molecule has 0 bridgehead atoms. The molecule has 0 saturated heterocycles. The summed E-state index contributed by atoms with van der Waals surface area (Å²) in [5, 5.41) is 9.96. The fourth-order valence-electron chi connectivity index (χ4n) is 2.66. The van der Waals surface area contributed by atoms with Gasteiger partial charge in [-0.3, -0.25) is 5.01 Å². The lowest BCUT2D eigenvalue weighted by atomic mass is 10.1. The molecule has 3 rings (SSSR count). The molecule has 1 aromatic heterocycles. The largest absolute Gasteiger partial charge is 0.469 e. The van der Waals surface area contributed by atoms with E-state index in [4.69, 9.17) is 9.57 Å². The van der Waals surface area contributed by atoms with Gasteiger partial charge < -0.3 is 9.57 Å². The molecule has 0 atom stereocenters. The number of hydrazone groups is 1. The van der Waals surface area contributed by atoms with Crippen LogP contribution in [0.2, 0.25) is 0 Å². The molecule has 8 nitrogen and oxygen atoms in total. The molecule has 0 aliphatic carbocycles. The minimum absolute atomic E-state index is 0.0562. The number of nitrogens with one attached hydrogen (secondary N) is 2. The van der Waals surface area contributed by atoms with Gasteiger partial charge in [0.25, 0.3) is 0 Å². The number of aromatic nitrogens is 1. The molecule has 0 amide bonds. The smallest absolute Gasteiger partial charge is 0.416 e. The van der Waals surface area contributed by atoms with Crippen molar-refractivity contribution >= 4 is 11.5 Å². The normalized spacial score (nSPS) is 14.5. The van der Waals surface area contributed by atoms with Gasteiger partial charge in [0.1, 0.15) is 6.61 Å². The van der Waals surface area contributed by atoms with E-state index in [2.05, 4.69) is 26.3 Å². The number of halogens is 3. The maximum atomic E-state index is 12.6. The van der Waals surface area contributed by atoms with E-state index < -0.39 is 11.7 Å². The molecule has 1 aliphatic heterocycles. The van der Waals surface area contributed by atoms with Gasteiger partial charge in [-0.1, -0.05) is 17.3 Å². The summed E-state index contributed by atoms with van der Waals surface area (Å²) in [6.45, 7) is 6.08. The van der Waals surface area contributed by atoms with Crippen LogP contribution in [0.15, 0.2) is 52.9 Å². The molecule has 2 aromatic rings. The van der Waals surface area contributed by atoms with Crippen molar-refractivity contribution in [3.63, 3.8) is 0 Å². The second kappa shape index (κ2) is 9.65. The number of ether oxygens (including phenoxy) is 1. The highest BCUT2D eigenvalue weighted by Crippen LogP contribution is 2.29. The van der Waals surface area contributed by atoms with Gasteiger partial charge in [-0.25, -0.2) is 10.5 Å². The molecule has 31 heavy (non-hydrogen) atoms. The van der Waals surface area contributed by atoms with E-state index in [1.807, 2.05) is 18.9 Å². The molecule has 11 heteroatoms. The van der Waals surface area contributed by atoms with Crippen LogP contribution < -0.4 is 15.8 Å². The van der Waals surface area contributed by atoms with E-state index in [1.54, 1.807) is 25.3 Å². The van der Waals surface area contributed by atoms with Crippen molar-refractivity contribution in [3.8, 4) is 5.88 Å². The first-order chi connectivity index (χ1) is 14.7. The van der Waals surface area contributed by atoms with Gasteiger partial charge in [0, 0.05) is 23.9 Å². The molecule has 0 fully saturated rings. The standard InChI is InChI=1S/C20H23F3N6O2/c1-13(2)29-18(25-27-28-29)12-30-19-9-6-16(10-24-19)14(3)26-31-11-15-4-7-17(8-5-15)20(21,22)23/h4-10,13,27-28H,11-12H2,1-3H3. The maximum Gasteiger partial charge on any atom is 0.416 e. The number of benzene rings is 1. The Hall–Kier alpha value is -3.34. The van der Waals surface area contributed by atoms with E-state index in [-0.39, 0.29) is 19.3 Å². The third kappa shape index (κ3) is 6.07. The van der Waals surface area contributed by atoms with E-state index in [0.29, 0.717) is 23.0 Å². The predicted molar refractivity (Wildman–Crippen MR) is 109 cm³/mol.